The van der Waals surface area contributed by atoms with Crippen LogP contribution in [-0.4, -0.2) is 10.8 Å². The van der Waals surface area contributed by atoms with E-state index in [-0.39, 0.29) is 5.91 Å². The molecule has 0 aliphatic rings. The SMILES string of the molecule is CC(=O)N/C=C/C(C)=S. The number of hydrogen-bond donors (Lipinski definition) is 1. The third-order valence-corrected chi connectivity index (χ3v) is 0.741. The van der Waals surface area contributed by atoms with Crippen LogP contribution in [0.4, 0.5) is 0 Å². The largest absolute Gasteiger partial charge is 0.333 e. The molecule has 0 bridgehead atoms. The topological polar surface area (TPSA) is 29.1 Å². The van der Waals surface area contributed by atoms with Crippen molar-refractivity contribution in [3.63, 3.8) is 0 Å². The van der Waals surface area contributed by atoms with Crippen molar-refractivity contribution in [2.24, 2.45) is 0 Å². The number of thiocarbonyl (C=S) groups is 1. The summed E-state index contributed by atoms with van der Waals surface area (Å²) < 4.78 is 0. The summed E-state index contributed by atoms with van der Waals surface area (Å²) >= 11 is 4.71. The van der Waals surface area contributed by atoms with E-state index in [1.54, 1.807) is 13.0 Å². The molecule has 0 heterocycles. The summed E-state index contributed by atoms with van der Waals surface area (Å²) in [6.07, 6.45) is 3.20. The van der Waals surface area contributed by atoms with Crippen molar-refractivity contribution in [2.75, 3.05) is 0 Å². The van der Waals surface area contributed by atoms with Crippen LogP contribution >= 0.6 is 12.2 Å². The second-order valence-electron chi connectivity index (χ2n) is 1.64. The van der Waals surface area contributed by atoms with Crippen molar-refractivity contribution in [3.05, 3.63) is 12.3 Å². The van der Waals surface area contributed by atoms with Crippen LogP contribution in [0.3, 0.4) is 0 Å². The van der Waals surface area contributed by atoms with E-state index < -0.39 is 0 Å². The van der Waals surface area contributed by atoms with E-state index in [2.05, 4.69) is 5.32 Å². The van der Waals surface area contributed by atoms with E-state index in [4.69, 9.17) is 12.2 Å². The second kappa shape index (κ2) is 4.21. The van der Waals surface area contributed by atoms with E-state index >= 15 is 0 Å². The summed E-state index contributed by atoms with van der Waals surface area (Å²) in [6, 6.07) is 0. The molecule has 0 atom stereocenters. The summed E-state index contributed by atoms with van der Waals surface area (Å²) in [5.41, 5.74) is 0. The number of allylic oxidation sites excluding steroid dienone is 1. The Morgan fingerprint density at radius 3 is 2.44 bits per heavy atom. The Labute approximate surface area is 59.9 Å². The molecule has 0 aliphatic carbocycles. The van der Waals surface area contributed by atoms with Crippen molar-refractivity contribution in [1.29, 1.82) is 0 Å². The van der Waals surface area contributed by atoms with Gasteiger partial charge in [0.25, 0.3) is 0 Å². The van der Waals surface area contributed by atoms with Gasteiger partial charge in [-0.2, -0.15) is 0 Å². The number of hydrogen-bond acceptors (Lipinski definition) is 2. The lowest BCUT2D eigenvalue weighted by molar-refractivity contribution is -0.118. The fourth-order valence-corrected chi connectivity index (χ4v) is 0.344. The zero-order valence-corrected chi connectivity index (χ0v) is 6.29. The summed E-state index contributed by atoms with van der Waals surface area (Å²) in [5.74, 6) is -0.0810. The third kappa shape index (κ3) is 7.30. The van der Waals surface area contributed by atoms with Gasteiger partial charge in [0, 0.05) is 18.0 Å². The highest BCUT2D eigenvalue weighted by Crippen LogP contribution is 1.75. The summed E-state index contributed by atoms with van der Waals surface area (Å²) in [7, 11) is 0. The third-order valence-electron chi connectivity index (χ3n) is 0.605. The van der Waals surface area contributed by atoms with Gasteiger partial charge in [0.1, 0.15) is 0 Å². The smallest absolute Gasteiger partial charge is 0.220 e. The first-order valence-corrected chi connectivity index (χ1v) is 2.98. The molecule has 0 radical (unpaired) electrons. The Bertz CT molecular complexity index is 151. The summed E-state index contributed by atoms with van der Waals surface area (Å²) in [5, 5.41) is 2.47. The maximum atomic E-state index is 10.2. The number of carbonyl (C=O) groups is 1. The minimum atomic E-state index is -0.0810. The average molecular weight is 143 g/mol. The van der Waals surface area contributed by atoms with Crippen LogP contribution in [0.1, 0.15) is 13.8 Å². The van der Waals surface area contributed by atoms with Crippen LogP contribution < -0.4 is 5.32 Å². The molecule has 0 spiro atoms. The van der Waals surface area contributed by atoms with E-state index in [0.29, 0.717) is 0 Å². The first-order valence-electron chi connectivity index (χ1n) is 2.57. The van der Waals surface area contributed by atoms with Crippen molar-refractivity contribution < 1.29 is 4.79 Å². The Morgan fingerprint density at radius 1 is 1.56 bits per heavy atom. The Morgan fingerprint density at radius 2 is 2.11 bits per heavy atom. The zero-order chi connectivity index (χ0) is 7.28. The van der Waals surface area contributed by atoms with Gasteiger partial charge in [-0.25, -0.2) is 0 Å². The van der Waals surface area contributed by atoms with Crippen LogP contribution in [-0.2, 0) is 4.79 Å². The number of amides is 1. The van der Waals surface area contributed by atoms with Gasteiger partial charge >= 0.3 is 0 Å². The Hall–Kier alpha value is -0.700. The van der Waals surface area contributed by atoms with Gasteiger partial charge in [-0.3, -0.25) is 4.79 Å². The van der Waals surface area contributed by atoms with Gasteiger partial charge in [0.2, 0.25) is 5.91 Å². The van der Waals surface area contributed by atoms with Crippen LogP contribution in [0.25, 0.3) is 0 Å². The lowest BCUT2D eigenvalue weighted by atomic mass is 10.5. The van der Waals surface area contributed by atoms with Crippen molar-refractivity contribution >= 4 is 23.0 Å². The molecule has 2 nitrogen and oxygen atoms in total. The molecular weight excluding hydrogens is 134 g/mol. The molecule has 0 rings (SSSR count). The fourth-order valence-electron chi connectivity index (χ4n) is 0.276. The lowest BCUT2D eigenvalue weighted by Crippen LogP contribution is -2.11. The predicted octanol–water partition coefficient (Wildman–Crippen LogP) is 1.03. The molecule has 50 valence electrons. The van der Waals surface area contributed by atoms with Crippen molar-refractivity contribution in [1.82, 2.24) is 5.32 Å². The van der Waals surface area contributed by atoms with E-state index in [1.807, 2.05) is 0 Å². The standard InChI is InChI=1S/C6H9NOS/c1-5(9)3-4-7-6(2)8/h3-4H,1-2H3,(H,7,8)/b4-3+. The van der Waals surface area contributed by atoms with Crippen molar-refractivity contribution in [3.8, 4) is 0 Å². The van der Waals surface area contributed by atoms with Gasteiger partial charge in [-0.05, 0) is 13.0 Å². The van der Waals surface area contributed by atoms with Gasteiger partial charge < -0.3 is 5.32 Å². The van der Waals surface area contributed by atoms with E-state index in [1.165, 1.54) is 13.1 Å². The molecule has 3 heteroatoms. The number of carbonyl (C=O) groups excluding carboxylic acids is 1. The molecule has 9 heavy (non-hydrogen) atoms. The Kier molecular flexibility index (Phi) is 3.88. The highest BCUT2D eigenvalue weighted by atomic mass is 32.1. The minimum absolute atomic E-state index is 0.0810. The van der Waals surface area contributed by atoms with Gasteiger partial charge in [-0.1, -0.05) is 12.2 Å². The van der Waals surface area contributed by atoms with Gasteiger partial charge in [0.15, 0.2) is 0 Å². The quantitative estimate of drug-likeness (QED) is 0.462. The van der Waals surface area contributed by atoms with Crippen LogP contribution in [0.15, 0.2) is 12.3 Å². The lowest BCUT2D eigenvalue weighted by Gasteiger charge is -1.88. The zero-order valence-electron chi connectivity index (χ0n) is 5.47. The highest BCUT2D eigenvalue weighted by Gasteiger charge is 1.81. The molecule has 0 saturated carbocycles. The highest BCUT2D eigenvalue weighted by molar-refractivity contribution is 7.80. The maximum absolute atomic E-state index is 10.2. The molecule has 0 saturated heterocycles. The minimum Gasteiger partial charge on any atom is -0.333 e. The normalized spacial score (nSPS) is 9.56. The fraction of sp³-hybridized carbons (Fsp3) is 0.333. The molecule has 0 unspecified atom stereocenters. The van der Waals surface area contributed by atoms with Crippen LogP contribution in [0.2, 0.25) is 0 Å². The molecule has 0 aromatic carbocycles. The molecule has 0 fully saturated rings. The number of rotatable bonds is 2. The monoisotopic (exact) mass is 143 g/mol. The molecule has 0 aliphatic heterocycles. The molecule has 1 amide bonds. The molecule has 0 aromatic rings. The number of nitrogens with one attached hydrogen (secondary N) is 1. The molecule has 0 aromatic heterocycles. The molecular formula is C6H9NOS. The second-order valence-corrected chi connectivity index (χ2v) is 2.29. The predicted molar refractivity (Wildman–Crippen MR) is 41.2 cm³/mol. The summed E-state index contributed by atoms with van der Waals surface area (Å²) in [4.78, 5) is 11.0. The Balaban J connectivity index is 3.48. The van der Waals surface area contributed by atoms with Crippen LogP contribution in [0, 0.1) is 0 Å². The van der Waals surface area contributed by atoms with E-state index in [9.17, 15) is 4.79 Å². The summed E-state index contributed by atoms with van der Waals surface area (Å²) in [6.45, 7) is 3.23. The van der Waals surface area contributed by atoms with Gasteiger partial charge in [0.05, 0.1) is 0 Å². The van der Waals surface area contributed by atoms with Gasteiger partial charge in [-0.15, -0.1) is 0 Å². The van der Waals surface area contributed by atoms with Crippen LogP contribution in [0.5, 0.6) is 0 Å². The average Bonchev–Trinajstić information content (AvgIpc) is 1.63. The van der Waals surface area contributed by atoms with E-state index in [0.717, 1.165) is 4.86 Å². The molecule has 1 N–H and O–H groups in total. The first-order chi connectivity index (χ1) is 4.13. The maximum Gasteiger partial charge on any atom is 0.220 e. The first kappa shape index (κ1) is 8.30. The van der Waals surface area contributed by atoms with Crippen molar-refractivity contribution in [2.45, 2.75) is 13.8 Å².